The van der Waals surface area contributed by atoms with Crippen LogP contribution in [-0.4, -0.2) is 26.0 Å². The Morgan fingerprint density at radius 3 is 2.71 bits per heavy atom. The number of aliphatic carboxylic acids is 1. The molecule has 1 atom stereocenters. The molecule has 1 heterocycles. The first-order valence-electron chi connectivity index (χ1n) is 5.16. The van der Waals surface area contributed by atoms with E-state index in [1.807, 2.05) is 30.3 Å². The summed E-state index contributed by atoms with van der Waals surface area (Å²) in [4.78, 5) is 10.5. The van der Waals surface area contributed by atoms with E-state index in [1.165, 1.54) is 6.20 Å². The molecule has 0 amide bonds. The standard InChI is InChI=1S/C12H12N2O3/c15-11(6-12(16)17)9-7-13-14(8-9)10-4-2-1-3-5-10/h1-5,7-8,11,15H,6H2,(H,16,17). The van der Waals surface area contributed by atoms with Crippen molar-refractivity contribution in [2.45, 2.75) is 12.5 Å². The lowest BCUT2D eigenvalue weighted by molar-refractivity contribution is -0.139. The fourth-order valence-corrected chi connectivity index (χ4v) is 1.51. The van der Waals surface area contributed by atoms with E-state index in [0.29, 0.717) is 5.56 Å². The van der Waals surface area contributed by atoms with E-state index in [-0.39, 0.29) is 6.42 Å². The molecule has 17 heavy (non-hydrogen) atoms. The molecule has 0 radical (unpaired) electrons. The summed E-state index contributed by atoms with van der Waals surface area (Å²) in [5.74, 6) is -1.04. The maximum atomic E-state index is 10.5. The van der Waals surface area contributed by atoms with Crippen LogP contribution in [-0.2, 0) is 4.79 Å². The van der Waals surface area contributed by atoms with Crippen LogP contribution in [0.1, 0.15) is 18.1 Å². The van der Waals surface area contributed by atoms with Gasteiger partial charge in [0, 0.05) is 11.8 Å². The predicted molar refractivity (Wildman–Crippen MR) is 60.8 cm³/mol. The van der Waals surface area contributed by atoms with Crippen molar-refractivity contribution in [2.24, 2.45) is 0 Å². The predicted octanol–water partition coefficient (Wildman–Crippen LogP) is 1.38. The van der Waals surface area contributed by atoms with Gasteiger partial charge in [0.15, 0.2) is 0 Å². The van der Waals surface area contributed by atoms with Crippen molar-refractivity contribution >= 4 is 5.97 Å². The Morgan fingerprint density at radius 1 is 1.35 bits per heavy atom. The number of carboxylic acids is 1. The van der Waals surface area contributed by atoms with Gasteiger partial charge in [-0.05, 0) is 12.1 Å². The Labute approximate surface area is 97.9 Å². The average molecular weight is 232 g/mol. The highest BCUT2D eigenvalue weighted by Crippen LogP contribution is 2.17. The van der Waals surface area contributed by atoms with Crippen LogP contribution in [0.5, 0.6) is 0 Å². The second-order valence-electron chi connectivity index (χ2n) is 3.67. The second-order valence-corrected chi connectivity index (χ2v) is 3.67. The minimum atomic E-state index is -1.04. The van der Waals surface area contributed by atoms with Crippen LogP contribution in [0.25, 0.3) is 5.69 Å². The number of aromatic nitrogens is 2. The zero-order valence-electron chi connectivity index (χ0n) is 9.02. The van der Waals surface area contributed by atoms with Gasteiger partial charge in [-0.2, -0.15) is 5.10 Å². The van der Waals surface area contributed by atoms with E-state index in [9.17, 15) is 9.90 Å². The summed E-state index contributed by atoms with van der Waals surface area (Å²) in [5.41, 5.74) is 1.36. The Morgan fingerprint density at radius 2 is 2.06 bits per heavy atom. The maximum Gasteiger partial charge on any atom is 0.306 e. The van der Waals surface area contributed by atoms with Crippen molar-refractivity contribution in [3.8, 4) is 5.69 Å². The van der Waals surface area contributed by atoms with E-state index in [2.05, 4.69) is 5.10 Å². The molecule has 1 unspecified atom stereocenters. The van der Waals surface area contributed by atoms with E-state index in [4.69, 9.17) is 5.11 Å². The highest BCUT2D eigenvalue weighted by Gasteiger charge is 2.14. The molecule has 0 aliphatic carbocycles. The van der Waals surface area contributed by atoms with Gasteiger partial charge in [0.25, 0.3) is 0 Å². The second kappa shape index (κ2) is 4.80. The number of nitrogens with zero attached hydrogens (tertiary/aromatic N) is 2. The first-order chi connectivity index (χ1) is 8.16. The SMILES string of the molecule is O=C(O)CC(O)c1cnn(-c2ccccc2)c1. The van der Waals surface area contributed by atoms with Crippen molar-refractivity contribution < 1.29 is 15.0 Å². The number of carbonyl (C=O) groups is 1. The minimum absolute atomic E-state index is 0.319. The van der Waals surface area contributed by atoms with Gasteiger partial charge < -0.3 is 10.2 Å². The number of rotatable bonds is 4. The van der Waals surface area contributed by atoms with Crippen molar-refractivity contribution in [1.82, 2.24) is 9.78 Å². The van der Waals surface area contributed by atoms with Crippen LogP contribution < -0.4 is 0 Å². The molecule has 0 aliphatic rings. The number of para-hydroxylation sites is 1. The molecule has 5 heteroatoms. The topological polar surface area (TPSA) is 75.3 Å². The van der Waals surface area contributed by atoms with E-state index in [1.54, 1.807) is 10.9 Å². The number of hydrogen-bond acceptors (Lipinski definition) is 3. The van der Waals surface area contributed by atoms with Crippen LogP contribution in [0.15, 0.2) is 42.7 Å². The van der Waals surface area contributed by atoms with Gasteiger partial charge in [0.05, 0.1) is 24.4 Å². The molecule has 0 bridgehead atoms. The van der Waals surface area contributed by atoms with Gasteiger partial charge in [0.1, 0.15) is 0 Å². The molecule has 0 fully saturated rings. The molecule has 0 aliphatic heterocycles. The summed E-state index contributed by atoms with van der Waals surface area (Å²) in [5, 5.41) is 22.3. The molecule has 0 spiro atoms. The molecule has 2 rings (SSSR count). The van der Waals surface area contributed by atoms with Gasteiger partial charge in [-0.25, -0.2) is 4.68 Å². The van der Waals surface area contributed by atoms with Gasteiger partial charge in [-0.15, -0.1) is 0 Å². The third-order valence-corrected chi connectivity index (χ3v) is 2.38. The summed E-state index contributed by atoms with van der Waals surface area (Å²) >= 11 is 0. The summed E-state index contributed by atoms with van der Waals surface area (Å²) < 4.78 is 1.60. The molecule has 1 aromatic carbocycles. The number of hydrogen-bond donors (Lipinski definition) is 2. The molecular formula is C12H12N2O3. The molecule has 5 nitrogen and oxygen atoms in total. The van der Waals surface area contributed by atoms with Crippen LogP contribution in [0.2, 0.25) is 0 Å². The molecule has 1 aromatic heterocycles. The monoisotopic (exact) mass is 232 g/mol. The van der Waals surface area contributed by atoms with Gasteiger partial charge in [-0.1, -0.05) is 18.2 Å². The van der Waals surface area contributed by atoms with Crippen molar-refractivity contribution in [2.75, 3.05) is 0 Å². The quantitative estimate of drug-likeness (QED) is 0.835. The summed E-state index contributed by atoms with van der Waals surface area (Å²) in [7, 11) is 0. The van der Waals surface area contributed by atoms with Crippen LogP contribution in [0.3, 0.4) is 0 Å². The molecule has 2 aromatic rings. The molecule has 88 valence electrons. The van der Waals surface area contributed by atoms with E-state index < -0.39 is 12.1 Å². The van der Waals surface area contributed by atoms with Crippen LogP contribution in [0, 0.1) is 0 Å². The molecule has 0 saturated heterocycles. The highest BCUT2D eigenvalue weighted by molar-refractivity contribution is 5.67. The van der Waals surface area contributed by atoms with Crippen LogP contribution >= 0.6 is 0 Å². The van der Waals surface area contributed by atoms with E-state index >= 15 is 0 Å². The van der Waals surface area contributed by atoms with Gasteiger partial charge in [-0.3, -0.25) is 4.79 Å². The fraction of sp³-hybridized carbons (Fsp3) is 0.167. The number of benzene rings is 1. The third kappa shape index (κ3) is 2.70. The molecule has 2 N–H and O–H groups in total. The Balaban J connectivity index is 2.19. The fourth-order valence-electron chi connectivity index (χ4n) is 1.51. The smallest absolute Gasteiger partial charge is 0.306 e. The third-order valence-electron chi connectivity index (χ3n) is 2.38. The van der Waals surface area contributed by atoms with Crippen molar-refractivity contribution in [3.63, 3.8) is 0 Å². The lowest BCUT2D eigenvalue weighted by atomic mass is 10.1. The largest absolute Gasteiger partial charge is 0.481 e. The Kier molecular flexibility index (Phi) is 3.20. The lowest BCUT2D eigenvalue weighted by Crippen LogP contribution is -2.04. The zero-order chi connectivity index (χ0) is 12.3. The lowest BCUT2D eigenvalue weighted by Gasteiger charge is -2.03. The molecular weight excluding hydrogens is 220 g/mol. The summed E-state index contributed by atoms with van der Waals surface area (Å²) in [6.45, 7) is 0. The summed E-state index contributed by atoms with van der Waals surface area (Å²) in [6.07, 6.45) is 1.76. The van der Waals surface area contributed by atoms with Crippen LogP contribution in [0.4, 0.5) is 0 Å². The number of aliphatic hydroxyl groups is 1. The minimum Gasteiger partial charge on any atom is -0.481 e. The van der Waals surface area contributed by atoms with Gasteiger partial charge >= 0.3 is 5.97 Å². The normalized spacial score (nSPS) is 12.3. The van der Waals surface area contributed by atoms with Gasteiger partial charge in [0.2, 0.25) is 0 Å². The van der Waals surface area contributed by atoms with Crippen molar-refractivity contribution in [3.05, 3.63) is 48.3 Å². The number of aliphatic hydroxyl groups excluding tert-OH is 1. The highest BCUT2D eigenvalue weighted by atomic mass is 16.4. The Hall–Kier alpha value is -2.14. The Bertz CT molecular complexity index is 507. The van der Waals surface area contributed by atoms with Crippen molar-refractivity contribution in [1.29, 1.82) is 0 Å². The van der Waals surface area contributed by atoms with E-state index in [0.717, 1.165) is 5.69 Å². The average Bonchev–Trinajstić information content (AvgIpc) is 2.78. The summed E-state index contributed by atoms with van der Waals surface area (Å²) in [6, 6.07) is 9.41. The first-order valence-corrected chi connectivity index (χ1v) is 5.16. The molecule has 0 saturated carbocycles. The number of carboxylic acid groups (broad SMARTS) is 1. The maximum absolute atomic E-state index is 10.5. The zero-order valence-corrected chi connectivity index (χ0v) is 9.02. The first kappa shape index (κ1) is 11.3.